The molecule has 0 atom stereocenters. The van der Waals surface area contributed by atoms with E-state index >= 15 is 0 Å². The Morgan fingerprint density at radius 1 is 1.23 bits per heavy atom. The zero-order valence-electron chi connectivity index (χ0n) is 6.87. The van der Waals surface area contributed by atoms with Crippen molar-refractivity contribution in [1.29, 1.82) is 0 Å². The van der Waals surface area contributed by atoms with Crippen molar-refractivity contribution in [1.82, 2.24) is 4.98 Å². The molecule has 0 amide bonds. The summed E-state index contributed by atoms with van der Waals surface area (Å²) in [5.74, 6) is 5.24. The summed E-state index contributed by atoms with van der Waals surface area (Å²) in [4.78, 5) is 13.7. The molecule has 1 heterocycles. The van der Waals surface area contributed by atoms with Crippen LogP contribution in [0.5, 0.6) is 0 Å². The number of benzene rings is 1. The fourth-order valence-corrected chi connectivity index (χ4v) is 1.24. The van der Waals surface area contributed by atoms with Gasteiger partial charge < -0.3 is 10.4 Å². The first kappa shape index (κ1) is 7.82. The lowest BCUT2D eigenvalue weighted by Crippen LogP contribution is -2.07. The van der Waals surface area contributed by atoms with Gasteiger partial charge in [0.15, 0.2) is 0 Å². The monoisotopic (exact) mass is 175 g/mol. The van der Waals surface area contributed by atoms with Gasteiger partial charge >= 0.3 is 0 Å². The van der Waals surface area contributed by atoms with E-state index < -0.39 is 0 Å². The maximum absolute atomic E-state index is 11.0. The zero-order valence-corrected chi connectivity index (χ0v) is 6.87. The highest BCUT2D eigenvalue weighted by Crippen LogP contribution is 2.14. The molecule has 0 saturated heterocycles. The molecular weight excluding hydrogens is 166 g/mol. The third-order valence-electron chi connectivity index (χ3n) is 1.89. The van der Waals surface area contributed by atoms with Crippen molar-refractivity contribution in [3.63, 3.8) is 0 Å². The lowest BCUT2D eigenvalue weighted by Gasteiger charge is -2.01. The van der Waals surface area contributed by atoms with E-state index in [1.54, 1.807) is 12.1 Å². The molecule has 0 spiro atoms. The third-order valence-corrected chi connectivity index (χ3v) is 1.89. The average Bonchev–Trinajstić information content (AvgIpc) is 2.16. The van der Waals surface area contributed by atoms with Gasteiger partial charge in [0.1, 0.15) is 0 Å². The van der Waals surface area contributed by atoms with E-state index in [1.165, 1.54) is 6.07 Å². The lowest BCUT2D eigenvalue weighted by atomic mass is 10.2. The highest BCUT2D eigenvalue weighted by molar-refractivity contribution is 5.81. The first-order chi connectivity index (χ1) is 6.29. The summed E-state index contributed by atoms with van der Waals surface area (Å²) in [6.45, 7) is 0. The number of hydrogen-bond acceptors (Lipinski definition) is 3. The molecule has 4 heteroatoms. The van der Waals surface area contributed by atoms with Crippen LogP contribution in [0.4, 0.5) is 5.69 Å². The number of aromatic amines is 1. The Kier molecular flexibility index (Phi) is 1.75. The molecule has 2 rings (SSSR count). The van der Waals surface area contributed by atoms with Gasteiger partial charge in [-0.1, -0.05) is 6.07 Å². The van der Waals surface area contributed by atoms with Crippen molar-refractivity contribution in [3.8, 4) is 0 Å². The molecule has 0 aliphatic heterocycles. The number of rotatable bonds is 1. The van der Waals surface area contributed by atoms with E-state index in [9.17, 15) is 4.79 Å². The van der Waals surface area contributed by atoms with Crippen LogP contribution < -0.4 is 16.8 Å². The highest BCUT2D eigenvalue weighted by atomic mass is 16.1. The second-order valence-corrected chi connectivity index (χ2v) is 2.77. The van der Waals surface area contributed by atoms with Gasteiger partial charge in [-0.25, -0.2) is 0 Å². The van der Waals surface area contributed by atoms with Crippen LogP contribution in [0.15, 0.2) is 35.1 Å². The Morgan fingerprint density at radius 3 is 2.77 bits per heavy atom. The molecule has 0 fully saturated rings. The predicted molar refractivity (Wildman–Crippen MR) is 52.4 cm³/mol. The van der Waals surface area contributed by atoms with Crippen molar-refractivity contribution >= 4 is 16.6 Å². The molecule has 0 saturated carbocycles. The molecule has 0 aliphatic rings. The highest BCUT2D eigenvalue weighted by Gasteiger charge is 1.94. The lowest BCUT2D eigenvalue weighted by molar-refractivity contribution is 1.30. The van der Waals surface area contributed by atoms with Gasteiger partial charge in [0.2, 0.25) is 5.56 Å². The van der Waals surface area contributed by atoms with Crippen molar-refractivity contribution in [2.75, 3.05) is 5.43 Å². The van der Waals surface area contributed by atoms with Gasteiger partial charge in [-0.3, -0.25) is 10.6 Å². The standard InChI is InChI=1S/C9H9N3O/c10-12-7-3-1-6-2-4-9(13)11-8(6)5-7/h1-5,12H,10H2,(H,11,13). The van der Waals surface area contributed by atoms with Crippen molar-refractivity contribution in [2.45, 2.75) is 0 Å². The molecular formula is C9H9N3O. The minimum atomic E-state index is -0.110. The SMILES string of the molecule is NNc1ccc2ccc(=O)[nH]c2c1. The Bertz CT molecular complexity index is 489. The summed E-state index contributed by atoms with van der Waals surface area (Å²) in [7, 11) is 0. The molecule has 0 aliphatic carbocycles. The van der Waals surface area contributed by atoms with Gasteiger partial charge in [0.05, 0.1) is 11.2 Å². The number of hydrogen-bond donors (Lipinski definition) is 3. The number of nitrogen functional groups attached to an aromatic ring is 1. The minimum absolute atomic E-state index is 0.110. The maximum Gasteiger partial charge on any atom is 0.248 e. The number of hydrazine groups is 1. The van der Waals surface area contributed by atoms with Crippen LogP contribution in [0.25, 0.3) is 10.9 Å². The molecule has 1 aromatic carbocycles. The van der Waals surface area contributed by atoms with Crippen molar-refractivity contribution < 1.29 is 0 Å². The summed E-state index contributed by atoms with van der Waals surface area (Å²) < 4.78 is 0. The first-order valence-corrected chi connectivity index (χ1v) is 3.89. The smallest absolute Gasteiger partial charge is 0.248 e. The number of nitrogens with two attached hydrogens (primary N) is 1. The maximum atomic E-state index is 11.0. The summed E-state index contributed by atoms with van der Waals surface area (Å²) in [6, 6.07) is 8.80. The largest absolute Gasteiger partial charge is 0.324 e. The quantitative estimate of drug-likeness (QED) is 0.443. The molecule has 0 bridgehead atoms. The number of aromatic nitrogens is 1. The van der Waals surface area contributed by atoms with E-state index in [2.05, 4.69) is 10.4 Å². The number of nitrogens with one attached hydrogen (secondary N) is 2. The molecule has 13 heavy (non-hydrogen) atoms. The van der Waals surface area contributed by atoms with Crippen LogP contribution in [0.3, 0.4) is 0 Å². The van der Waals surface area contributed by atoms with Crippen LogP contribution in [0.1, 0.15) is 0 Å². The van der Waals surface area contributed by atoms with E-state index in [4.69, 9.17) is 5.84 Å². The number of anilines is 1. The zero-order chi connectivity index (χ0) is 9.26. The van der Waals surface area contributed by atoms with E-state index in [1.807, 2.05) is 12.1 Å². The van der Waals surface area contributed by atoms with Crippen LogP contribution in [-0.2, 0) is 0 Å². The van der Waals surface area contributed by atoms with E-state index in [0.717, 1.165) is 16.6 Å². The number of fused-ring (bicyclic) bond motifs is 1. The molecule has 66 valence electrons. The molecule has 0 radical (unpaired) electrons. The van der Waals surface area contributed by atoms with Crippen molar-refractivity contribution in [3.05, 3.63) is 40.7 Å². The van der Waals surface area contributed by atoms with E-state index in [0.29, 0.717) is 0 Å². The summed E-state index contributed by atoms with van der Waals surface area (Å²) >= 11 is 0. The Labute approximate surface area is 74.4 Å². The van der Waals surface area contributed by atoms with Gasteiger partial charge in [-0.2, -0.15) is 0 Å². The molecule has 2 aromatic rings. The Morgan fingerprint density at radius 2 is 2.00 bits per heavy atom. The van der Waals surface area contributed by atoms with E-state index in [-0.39, 0.29) is 5.56 Å². The second-order valence-electron chi connectivity index (χ2n) is 2.77. The van der Waals surface area contributed by atoms with Gasteiger partial charge in [-0.05, 0) is 23.6 Å². The number of pyridine rings is 1. The topological polar surface area (TPSA) is 70.9 Å². The van der Waals surface area contributed by atoms with Crippen LogP contribution in [-0.4, -0.2) is 4.98 Å². The van der Waals surface area contributed by atoms with Gasteiger partial charge in [0.25, 0.3) is 0 Å². The summed E-state index contributed by atoms with van der Waals surface area (Å²) in [5.41, 5.74) is 3.96. The molecule has 4 nitrogen and oxygen atoms in total. The number of H-pyrrole nitrogens is 1. The molecule has 1 aromatic heterocycles. The van der Waals surface area contributed by atoms with Gasteiger partial charge in [0, 0.05) is 6.07 Å². The minimum Gasteiger partial charge on any atom is -0.324 e. The van der Waals surface area contributed by atoms with Gasteiger partial charge in [-0.15, -0.1) is 0 Å². The van der Waals surface area contributed by atoms with Crippen LogP contribution in [0, 0.1) is 0 Å². The fraction of sp³-hybridized carbons (Fsp3) is 0. The Balaban J connectivity index is 2.75. The molecule has 0 unspecified atom stereocenters. The normalized spacial score (nSPS) is 10.2. The average molecular weight is 175 g/mol. The summed E-state index contributed by atoms with van der Waals surface area (Å²) in [6.07, 6.45) is 0. The second kappa shape index (κ2) is 2.91. The van der Waals surface area contributed by atoms with Crippen LogP contribution >= 0.6 is 0 Å². The fourth-order valence-electron chi connectivity index (χ4n) is 1.24. The predicted octanol–water partition coefficient (Wildman–Crippen LogP) is 0.814. The summed E-state index contributed by atoms with van der Waals surface area (Å²) in [5, 5.41) is 0.985. The van der Waals surface area contributed by atoms with Crippen LogP contribution in [0.2, 0.25) is 0 Å². The Hall–Kier alpha value is -1.81. The van der Waals surface area contributed by atoms with Crippen molar-refractivity contribution in [2.24, 2.45) is 5.84 Å². The first-order valence-electron chi connectivity index (χ1n) is 3.89. The third kappa shape index (κ3) is 1.39. The molecule has 4 N–H and O–H groups in total.